The third-order valence-corrected chi connectivity index (χ3v) is 4.19. The summed E-state index contributed by atoms with van der Waals surface area (Å²) < 4.78 is 0. The minimum atomic E-state index is -0.892. The molecule has 0 amide bonds. The maximum atomic E-state index is 11.3. The zero-order valence-electron chi connectivity index (χ0n) is 13.1. The SMILES string of the molecule is O=[N+]([O-])CCCCCCCCCCC1([N+](=O)[O-])C=CC=CC1. The van der Waals surface area contributed by atoms with Gasteiger partial charge in [-0.1, -0.05) is 50.3 Å². The zero-order valence-corrected chi connectivity index (χ0v) is 13.1. The highest BCUT2D eigenvalue weighted by Crippen LogP contribution is 2.28. The molecule has 1 rings (SSSR count). The van der Waals surface area contributed by atoms with Crippen LogP contribution in [0.25, 0.3) is 0 Å². The highest BCUT2D eigenvalue weighted by Gasteiger charge is 2.38. The molecule has 1 atom stereocenters. The molecule has 6 heteroatoms. The molecule has 0 fully saturated rings. The van der Waals surface area contributed by atoms with Gasteiger partial charge in [-0.25, -0.2) is 0 Å². The number of hydrogen-bond acceptors (Lipinski definition) is 4. The van der Waals surface area contributed by atoms with Gasteiger partial charge in [0, 0.05) is 29.1 Å². The lowest BCUT2D eigenvalue weighted by molar-refractivity contribution is -0.555. The van der Waals surface area contributed by atoms with E-state index in [1.165, 1.54) is 0 Å². The fourth-order valence-electron chi connectivity index (χ4n) is 2.80. The average molecular weight is 310 g/mol. The van der Waals surface area contributed by atoms with Gasteiger partial charge in [-0.05, 0) is 18.9 Å². The fourth-order valence-corrected chi connectivity index (χ4v) is 2.80. The second kappa shape index (κ2) is 10.1. The van der Waals surface area contributed by atoms with E-state index in [-0.39, 0.29) is 16.4 Å². The molecule has 1 unspecified atom stereocenters. The molecule has 1 aliphatic carbocycles. The Bertz CT molecular complexity index is 420. The van der Waals surface area contributed by atoms with E-state index in [9.17, 15) is 20.2 Å². The first-order valence-corrected chi connectivity index (χ1v) is 8.17. The van der Waals surface area contributed by atoms with E-state index in [1.54, 1.807) is 12.2 Å². The second-order valence-corrected chi connectivity index (χ2v) is 5.99. The van der Waals surface area contributed by atoms with Crippen molar-refractivity contribution in [1.82, 2.24) is 0 Å². The van der Waals surface area contributed by atoms with Crippen molar-refractivity contribution in [3.05, 3.63) is 44.5 Å². The number of nitro groups is 2. The van der Waals surface area contributed by atoms with Gasteiger partial charge in [-0.3, -0.25) is 20.2 Å². The standard InChI is InChI=1S/C16H26N2O4/c19-17(20)15-11-6-4-2-1-3-5-8-12-16(18(21)22)13-9-7-10-14-16/h7,9-10,13H,1-6,8,11-12,14-15H2. The minimum Gasteiger partial charge on any atom is -0.265 e. The molecule has 0 saturated heterocycles. The first-order valence-electron chi connectivity index (χ1n) is 8.17. The van der Waals surface area contributed by atoms with Crippen LogP contribution in [0.5, 0.6) is 0 Å². The molecule has 0 saturated carbocycles. The summed E-state index contributed by atoms with van der Waals surface area (Å²) >= 11 is 0. The second-order valence-electron chi connectivity index (χ2n) is 5.99. The van der Waals surface area contributed by atoms with Gasteiger partial charge in [0.05, 0.1) is 0 Å². The minimum absolute atomic E-state index is 0.0743. The highest BCUT2D eigenvalue weighted by molar-refractivity contribution is 5.17. The molecule has 0 aromatic carbocycles. The van der Waals surface area contributed by atoms with Crippen molar-refractivity contribution in [2.75, 3.05) is 6.54 Å². The lowest BCUT2D eigenvalue weighted by atomic mass is 9.86. The van der Waals surface area contributed by atoms with Crippen LogP contribution >= 0.6 is 0 Å². The average Bonchev–Trinajstić information content (AvgIpc) is 2.49. The fraction of sp³-hybridized carbons (Fsp3) is 0.750. The Kier molecular flexibility index (Phi) is 8.40. The Balaban J connectivity index is 2.03. The molecular weight excluding hydrogens is 284 g/mol. The predicted octanol–water partition coefficient (Wildman–Crippen LogP) is 4.31. The Labute approximate surface area is 131 Å². The van der Waals surface area contributed by atoms with Crippen molar-refractivity contribution in [2.45, 2.75) is 69.7 Å². The third kappa shape index (κ3) is 6.83. The molecular formula is C16H26N2O4. The maximum Gasteiger partial charge on any atom is 0.244 e. The van der Waals surface area contributed by atoms with Gasteiger partial charge in [-0.15, -0.1) is 0 Å². The number of unbranched alkanes of at least 4 members (excludes halogenated alkanes) is 7. The Hall–Kier alpha value is -1.72. The van der Waals surface area contributed by atoms with Gasteiger partial charge in [0.2, 0.25) is 12.1 Å². The highest BCUT2D eigenvalue weighted by atomic mass is 16.6. The van der Waals surface area contributed by atoms with Crippen LogP contribution in [-0.4, -0.2) is 21.9 Å². The van der Waals surface area contributed by atoms with E-state index in [1.807, 2.05) is 12.2 Å². The van der Waals surface area contributed by atoms with Crippen LogP contribution in [-0.2, 0) is 0 Å². The van der Waals surface area contributed by atoms with E-state index in [2.05, 4.69) is 0 Å². The van der Waals surface area contributed by atoms with E-state index in [0.29, 0.717) is 19.3 Å². The Morgan fingerprint density at radius 1 is 0.864 bits per heavy atom. The third-order valence-electron chi connectivity index (χ3n) is 4.19. The van der Waals surface area contributed by atoms with E-state index in [4.69, 9.17) is 0 Å². The van der Waals surface area contributed by atoms with Crippen molar-refractivity contribution in [1.29, 1.82) is 0 Å². The number of rotatable bonds is 12. The first kappa shape index (κ1) is 18.3. The Morgan fingerprint density at radius 3 is 1.95 bits per heavy atom. The van der Waals surface area contributed by atoms with Crippen LogP contribution in [0.3, 0.4) is 0 Å². The van der Waals surface area contributed by atoms with Crippen molar-refractivity contribution in [2.24, 2.45) is 0 Å². The molecule has 0 aliphatic heterocycles. The quantitative estimate of drug-likeness (QED) is 0.305. The summed E-state index contributed by atoms with van der Waals surface area (Å²) in [4.78, 5) is 21.0. The molecule has 22 heavy (non-hydrogen) atoms. The van der Waals surface area contributed by atoms with Crippen LogP contribution < -0.4 is 0 Å². The smallest absolute Gasteiger partial charge is 0.244 e. The van der Waals surface area contributed by atoms with Crippen LogP contribution in [0.15, 0.2) is 24.3 Å². The van der Waals surface area contributed by atoms with Gasteiger partial charge in [0.15, 0.2) is 0 Å². The summed E-state index contributed by atoms with van der Waals surface area (Å²) in [6, 6.07) is 0. The Morgan fingerprint density at radius 2 is 1.45 bits per heavy atom. The van der Waals surface area contributed by atoms with Crippen LogP contribution in [0.4, 0.5) is 0 Å². The summed E-state index contributed by atoms with van der Waals surface area (Å²) in [5.41, 5.74) is -0.892. The van der Waals surface area contributed by atoms with Gasteiger partial charge in [0.1, 0.15) is 0 Å². The molecule has 0 aromatic rings. The van der Waals surface area contributed by atoms with Crippen LogP contribution in [0, 0.1) is 20.2 Å². The van der Waals surface area contributed by atoms with Crippen molar-refractivity contribution in [3.8, 4) is 0 Å². The number of hydrogen-bond donors (Lipinski definition) is 0. The summed E-state index contributed by atoms with van der Waals surface area (Å²) in [6.07, 6.45) is 16.1. The summed E-state index contributed by atoms with van der Waals surface area (Å²) in [6.45, 7) is 0.0743. The van der Waals surface area contributed by atoms with E-state index >= 15 is 0 Å². The van der Waals surface area contributed by atoms with Crippen molar-refractivity contribution >= 4 is 0 Å². The molecule has 0 aromatic heterocycles. The van der Waals surface area contributed by atoms with E-state index in [0.717, 1.165) is 44.9 Å². The van der Waals surface area contributed by atoms with Crippen LogP contribution in [0.1, 0.15) is 64.2 Å². The van der Waals surface area contributed by atoms with Crippen molar-refractivity contribution in [3.63, 3.8) is 0 Å². The normalized spacial score (nSPS) is 20.2. The monoisotopic (exact) mass is 310 g/mol. The zero-order chi connectivity index (χ0) is 16.3. The molecule has 0 N–H and O–H groups in total. The molecule has 0 spiro atoms. The summed E-state index contributed by atoms with van der Waals surface area (Å²) in [7, 11) is 0. The lowest BCUT2D eigenvalue weighted by Gasteiger charge is -2.22. The topological polar surface area (TPSA) is 86.3 Å². The predicted molar refractivity (Wildman–Crippen MR) is 86.0 cm³/mol. The number of allylic oxidation sites excluding steroid dienone is 2. The molecule has 0 heterocycles. The van der Waals surface area contributed by atoms with Gasteiger partial charge in [-0.2, -0.15) is 0 Å². The largest absolute Gasteiger partial charge is 0.265 e. The van der Waals surface area contributed by atoms with Crippen LogP contribution in [0.2, 0.25) is 0 Å². The van der Waals surface area contributed by atoms with Gasteiger partial charge >= 0.3 is 0 Å². The molecule has 0 radical (unpaired) electrons. The molecule has 0 bridgehead atoms. The molecule has 1 aliphatic rings. The molecule has 6 nitrogen and oxygen atoms in total. The number of nitrogens with zero attached hydrogens (tertiary/aromatic N) is 2. The van der Waals surface area contributed by atoms with E-state index < -0.39 is 5.54 Å². The summed E-state index contributed by atoms with van der Waals surface area (Å²) in [5.74, 6) is 0. The lowest BCUT2D eigenvalue weighted by Crippen LogP contribution is -2.36. The maximum absolute atomic E-state index is 11.3. The van der Waals surface area contributed by atoms with Crippen molar-refractivity contribution < 1.29 is 9.85 Å². The first-order chi connectivity index (χ1) is 10.6. The van der Waals surface area contributed by atoms with Gasteiger partial charge < -0.3 is 0 Å². The van der Waals surface area contributed by atoms with Gasteiger partial charge in [0.25, 0.3) is 0 Å². The molecule has 124 valence electrons. The summed E-state index contributed by atoms with van der Waals surface area (Å²) in [5, 5.41) is 21.4.